The molecule has 0 aliphatic carbocycles. The Hall–Kier alpha value is -2.65. The van der Waals surface area contributed by atoms with Gasteiger partial charge in [-0.05, 0) is 41.6 Å². The lowest BCUT2D eigenvalue weighted by molar-refractivity contribution is -0.123. The second-order valence-electron chi connectivity index (χ2n) is 10.1. The maximum Gasteiger partial charge on any atom is 0.240 e. The van der Waals surface area contributed by atoms with E-state index in [2.05, 4.69) is 32.2 Å². The summed E-state index contributed by atoms with van der Waals surface area (Å²) in [4.78, 5) is 29.1. The Morgan fingerprint density at radius 1 is 1.23 bits per heavy atom. The number of thioether (sulfide) groups is 1. The Labute approximate surface area is 213 Å². The molecule has 0 fully saturated rings. The fraction of sp³-hybridized carbons (Fsp3) is 0.423. The van der Waals surface area contributed by atoms with E-state index in [1.807, 2.05) is 25.3 Å². The molecule has 35 heavy (non-hydrogen) atoms. The first-order chi connectivity index (χ1) is 16.6. The third-order valence-electron chi connectivity index (χ3n) is 5.68. The van der Waals surface area contributed by atoms with Crippen LogP contribution in [0.15, 0.2) is 41.8 Å². The molecule has 3 heterocycles. The molecule has 9 heteroatoms. The molecule has 186 valence electrons. The van der Waals surface area contributed by atoms with E-state index in [4.69, 9.17) is 5.10 Å². The van der Waals surface area contributed by atoms with Gasteiger partial charge in [-0.2, -0.15) is 5.10 Å². The van der Waals surface area contributed by atoms with Gasteiger partial charge in [-0.25, -0.2) is 9.07 Å². The van der Waals surface area contributed by atoms with Crippen molar-refractivity contribution in [2.45, 2.75) is 45.3 Å². The number of nitrogens with one attached hydrogen (secondary N) is 1. The van der Waals surface area contributed by atoms with Gasteiger partial charge < -0.3 is 5.32 Å². The molecule has 1 N–H and O–H groups in total. The van der Waals surface area contributed by atoms with Gasteiger partial charge in [-0.15, -0.1) is 23.1 Å². The predicted octanol–water partition coefficient (Wildman–Crippen LogP) is 5.31. The van der Waals surface area contributed by atoms with Crippen LogP contribution in [0.5, 0.6) is 0 Å². The number of halogens is 1. The SMILES string of the molecule is CC(C)CNC(=O)CN1C(=O)CSC(c2cccs2)c2c(C(C)(C)C)nn(-c3ccc(F)cc3)c21. The number of rotatable bonds is 6. The first kappa shape index (κ1) is 25.4. The van der Waals surface area contributed by atoms with Crippen LogP contribution in [0.3, 0.4) is 0 Å². The van der Waals surface area contributed by atoms with E-state index in [9.17, 15) is 14.0 Å². The molecule has 0 bridgehead atoms. The van der Waals surface area contributed by atoms with Crippen LogP contribution in [0.4, 0.5) is 10.2 Å². The number of carbonyl (C=O) groups is 2. The number of aromatic nitrogens is 2. The van der Waals surface area contributed by atoms with Crippen LogP contribution in [-0.4, -0.2) is 40.4 Å². The van der Waals surface area contributed by atoms with Crippen molar-refractivity contribution >= 4 is 40.7 Å². The predicted molar refractivity (Wildman–Crippen MR) is 141 cm³/mol. The average molecular weight is 515 g/mol. The molecular formula is C26H31FN4O2S2. The largest absolute Gasteiger partial charge is 0.354 e. The monoisotopic (exact) mass is 514 g/mol. The third-order valence-corrected chi connectivity index (χ3v) is 8.00. The first-order valence-corrected chi connectivity index (χ1v) is 13.6. The summed E-state index contributed by atoms with van der Waals surface area (Å²) in [6.45, 7) is 10.7. The number of nitrogens with zero attached hydrogens (tertiary/aromatic N) is 3. The summed E-state index contributed by atoms with van der Waals surface area (Å²) in [5.74, 6) is 0.387. The number of anilines is 1. The zero-order valence-electron chi connectivity index (χ0n) is 20.7. The van der Waals surface area contributed by atoms with Gasteiger partial charge in [-0.1, -0.05) is 40.7 Å². The van der Waals surface area contributed by atoms with Crippen LogP contribution in [-0.2, 0) is 15.0 Å². The highest BCUT2D eigenvalue weighted by Gasteiger charge is 2.40. The second kappa shape index (κ2) is 10.1. The molecule has 1 unspecified atom stereocenters. The fourth-order valence-electron chi connectivity index (χ4n) is 4.02. The maximum absolute atomic E-state index is 13.8. The van der Waals surface area contributed by atoms with Crippen LogP contribution < -0.4 is 10.2 Å². The summed E-state index contributed by atoms with van der Waals surface area (Å²) in [6, 6.07) is 10.1. The van der Waals surface area contributed by atoms with Crippen LogP contribution in [0.25, 0.3) is 5.69 Å². The molecule has 3 aromatic rings. The minimum absolute atomic E-state index is 0.104. The average Bonchev–Trinajstić information content (AvgIpc) is 3.43. The van der Waals surface area contributed by atoms with Crippen LogP contribution >= 0.6 is 23.1 Å². The van der Waals surface area contributed by atoms with Crippen molar-refractivity contribution in [1.82, 2.24) is 15.1 Å². The molecule has 2 aromatic heterocycles. The van der Waals surface area contributed by atoms with E-state index < -0.39 is 0 Å². The summed E-state index contributed by atoms with van der Waals surface area (Å²) < 4.78 is 15.5. The minimum atomic E-state index is -0.351. The van der Waals surface area contributed by atoms with E-state index >= 15 is 0 Å². The van der Waals surface area contributed by atoms with Gasteiger partial charge in [-0.3, -0.25) is 14.5 Å². The van der Waals surface area contributed by atoms with Crippen LogP contribution in [0, 0.1) is 11.7 Å². The van der Waals surface area contributed by atoms with E-state index in [1.54, 1.807) is 44.8 Å². The fourth-order valence-corrected chi connectivity index (χ4v) is 6.19. The number of hydrogen-bond donors (Lipinski definition) is 1. The molecule has 0 saturated carbocycles. The molecule has 0 saturated heterocycles. The molecule has 1 aliphatic rings. The smallest absolute Gasteiger partial charge is 0.240 e. The number of carbonyl (C=O) groups excluding carboxylic acids is 2. The standard InChI is InChI=1S/C26H31FN4O2S2/c1-16(2)13-28-20(32)14-30-21(33)15-35-23(19-7-6-12-34-19)22-24(26(3,4)5)29-31(25(22)30)18-10-8-17(27)9-11-18/h6-12,16,23H,13-15H2,1-5H3,(H,28,32). The molecule has 4 rings (SSSR count). The van der Waals surface area contributed by atoms with E-state index in [1.165, 1.54) is 12.1 Å². The molecule has 0 radical (unpaired) electrons. The number of fused-ring (bicyclic) bond motifs is 1. The molecule has 1 aromatic carbocycles. The van der Waals surface area contributed by atoms with Crippen molar-refractivity contribution in [3.8, 4) is 5.69 Å². The van der Waals surface area contributed by atoms with Crippen molar-refractivity contribution in [3.05, 3.63) is 63.7 Å². The third kappa shape index (κ3) is 5.46. The van der Waals surface area contributed by atoms with Crippen molar-refractivity contribution in [2.75, 3.05) is 23.7 Å². The van der Waals surface area contributed by atoms with E-state index in [-0.39, 0.29) is 40.6 Å². The van der Waals surface area contributed by atoms with E-state index in [0.717, 1.165) is 16.1 Å². The van der Waals surface area contributed by atoms with Gasteiger partial charge in [0, 0.05) is 22.4 Å². The molecule has 2 amide bonds. The van der Waals surface area contributed by atoms with Crippen LogP contribution in [0.1, 0.15) is 56.0 Å². The Balaban J connectivity index is 1.94. The maximum atomic E-state index is 13.8. The Bertz CT molecular complexity index is 1200. The highest BCUT2D eigenvalue weighted by molar-refractivity contribution is 8.00. The molecule has 6 nitrogen and oxygen atoms in total. The van der Waals surface area contributed by atoms with Gasteiger partial charge in [0.25, 0.3) is 0 Å². The van der Waals surface area contributed by atoms with Crippen LogP contribution in [0.2, 0.25) is 0 Å². The van der Waals surface area contributed by atoms with Gasteiger partial charge >= 0.3 is 0 Å². The Morgan fingerprint density at radius 2 is 1.94 bits per heavy atom. The lowest BCUT2D eigenvalue weighted by Crippen LogP contribution is -2.43. The minimum Gasteiger partial charge on any atom is -0.354 e. The molecule has 0 spiro atoms. The lowest BCUT2D eigenvalue weighted by atomic mass is 9.88. The zero-order valence-corrected chi connectivity index (χ0v) is 22.3. The number of thiophene rings is 1. The van der Waals surface area contributed by atoms with E-state index in [0.29, 0.717) is 24.0 Å². The van der Waals surface area contributed by atoms with Crippen molar-refractivity contribution in [2.24, 2.45) is 5.92 Å². The van der Waals surface area contributed by atoms with Crippen molar-refractivity contribution in [1.29, 1.82) is 0 Å². The number of benzene rings is 1. The molecule has 1 atom stereocenters. The summed E-state index contributed by atoms with van der Waals surface area (Å²) in [5, 5.41) is 9.84. The van der Waals surface area contributed by atoms with Gasteiger partial charge in [0.15, 0.2) is 0 Å². The van der Waals surface area contributed by atoms with Crippen molar-refractivity contribution < 1.29 is 14.0 Å². The number of amides is 2. The second-order valence-corrected chi connectivity index (χ2v) is 12.2. The zero-order chi connectivity index (χ0) is 25.3. The summed E-state index contributed by atoms with van der Waals surface area (Å²) in [7, 11) is 0. The number of hydrogen-bond acceptors (Lipinski definition) is 5. The lowest BCUT2D eigenvalue weighted by Gasteiger charge is -2.24. The van der Waals surface area contributed by atoms with Gasteiger partial charge in [0.2, 0.25) is 11.8 Å². The Morgan fingerprint density at radius 3 is 2.54 bits per heavy atom. The summed E-state index contributed by atoms with van der Waals surface area (Å²) >= 11 is 3.20. The normalized spacial score (nSPS) is 16.4. The summed E-state index contributed by atoms with van der Waals surface area (Å²) in [6.07, 6.45) is 0. The topological polar surface area (TPSA) is 67.2 Å². The highest BCUT2D eigenvalue weighted by atomic mass is 32.2. The molecular weight excluding hydrogens is 483 g/mol. The van der Waals surface area contributed by atoms with Gasteiger partial charge in [0.05, 0.1) is 22.4 Å². The quantitative estimate of drug-likeness (QED) is 0.484. The van der Waals surface area contributed by atoms with Gasteiger partial charge in [0.1, 0.15) is 18.2 Å². The Kier molecular flexibility index (Phi) is 7.38. The van der Waals surface area contributed by atoms with Crippen molar-refractivity contribution in [3.63, 3.8) is 0 Å². The molecule has 1 aliphatic heterocycles. The summed E-state index contributed by atoms with van der Waals surface area (Å²) in [5.41, 5.74) is 2.09. The first-order valence-electron chi connectivity index (χ1n) is 11.7. The highest BCUT2D eigenvalue weighted by Crippen LogP contribution is 2.49.